The van der Waals surface area contributed by atoms with Crippen LogP contribution in [0.2, 0.25) is 5.02 Å². The number of benzene rings is 4. The number of nitrogens with one attached hydrogen (secondary N) is 1. The second-order valence-electron chi connectivity index (χ2n) is 7.93. The summed E-state index contributed by atoms with van der Waals surface area (Å²) in [4.78, 5) is 12.7. The monoisotopic (exact) mass is 539 g/mol. The number of azo groups is 1. The van der Waals surface area contributed by atoms with E-state index in [-0.39, 0.29) is 27.7 Å². The Bertz CT molecular complexity index is 1650. The van der Waals surface area contributed by atoms with Crippen molar-refractivity contribution >= 4 is 55.5 Å². The Kier molecular flexibility index (Phi) is 7.44. The van der Waals surface area contributed by atoms with Crippen molar-refractivity contribution in [1.82, 2.24) is 0 Å². The molecule has 0 heterocycles. The van der Waals surface area contributed by atoms with Crippen molar-refractivity contribution in [3.05, 3.63) is 82.9 Å². The first-order valence-electron chi connectivity index (χ1n) is 11.0. The van der Waals surface area contributed by atoms with Crippen molar-refractivity contribution in [2.24, 2.45) is 10.2 Å². The molecule has 4 rings (SSSR count). The number of methoxy groups -OCH3 is 1. The van der Waals surface area contributed by atoms with Gasteiger partial charge in [0.05, 0.1) is 23.4 Å². The Labute approximate surface area is 218 Å². The van der Waals surface area contributed by atoms with E-state index in [0.717, 1.165) is 6.07 Å². The van der Waals surface area contributed by atoms with Gasteiger partial charge in [-0.2, -0.15) is 13.5 Å². The average molecular weight is 540 g/mol. The lowest BCUT2D eigenvalue weighted by atomic mass is 10.0. The second kappa shape index (κ2) is 10.6. The summed E-state index contributed by atoms with van der Waals surface area (Å²) in [6.45, 7) is 1.74. The van der Waals surface area contributed by atoms with Gasteiger partial charge in [-0.3, -0.25) is 9.35 Å². The Morgan fingerprint density at radius 1 is 1.05 bits per heavy atom. The highest BCUT2D eigenvalue weighted by Gasteiger charge is 2.21. The summed E-state index contributed by atoms with van der Waals surface area (Å²) in [6.07, 6.45) is 0.298. The lowest BCUT2D eigenvalue weighted by Gasteiger charge is -2.12. The number of halogens is 1. The van der Waals surface area contributed by atoms with Crippen LogP contribution in [0.15, 0.2) is 81.9 Å². The molecule has 0 aliphatic heterocycles. The van der Waals surface area contributed by atoms with Crippen LogP contribution in [0.4, 0.5) is 17.1 Å². The SMILES string of the molecule is CCc1c(N=Nc2c(O)c(C(=O)Nc3cccc(OC)c3)cc3ccccc23)ccc(S(=O)(=O)O)c1Cl. The van der Waals surface area contributed by atoms with Crippen molar-refractivity contribution in [3.8, 4) is 11.5 Å². The molecular formula is C26H22ClN3O6S. The van der Waals surface area contributed by atoms with Crippen molar-refractivity contribution in [2.75, 3.05) is 12.4 Å². The number of carbonyl (C=O) groups excluding carboxylic acids is 1. The van der Waals surface area contributed by atoms with E-state index in [2.05, 4.69) is 15.5 Å². The number of ether oxygens (including phenoxy) is 1. The number of aromatic hydroxyl groups is 1. The van der Waals surface area contributed by atoms with E-state index < -0.39 is 20.9 Å². The first kappa shape index (κ1) is 26.1. The number of hydrogen-bond donors (Lipinski definition) is 3. The summed E-state index contributed by atoms with van der Waals surface area (Å²) in [7, 11) is -3.01. The van der Waals surface area contributed by atoms with Gasteiger partial charge in [0.25, 0.3) is 16.0 Å². The minimum Gasteiger partial charge on any atom is -0.505 e. The van der Waals surface area contributed by atoms with Gasteiger partial charge in [0.15, 0.2) is 5.75 Å². The van der Waals surface area contributed by atoms with Gasteiger partial charge >= 0.3 is 0 Å². The molecule has 3 N–H and O–H groups in total. The number of fused-ring (bicyclic) bond motifs is 1. The number of phenols is 1. The molecule has 1 amide bonds. The summed E-state index contributed by atoms with van der Waals surface area (Å²) in [5, 5.41) is 23.3. The van der Waals surface area contributed by atoms with Crippen LogP contribution < -0.4 is 10.1 Å². The van der Waals surface area contributed by atoms with E-state index in [1.54, 1.807) is 61.5 Å². The molecule has 0 spiro atoms. The number of rotatable bonds is 7. The van der Waals surface area contributed by atoms with Crippen molar-refractivity contribution < 1.29 is 27.6 Å². The quantitative estimate of drug-likeness (QED) is 0.177. The van der Waals surface area contributed by atoms with E-state index in [1.807, 2.05) is 0 Å². The molecule has 0 unspecified atom stereocenters. The van der Waals surface area contributed by atoms with E-state index in [0.29, 0.717) is 34.2 Å². The molecule has 11 heteroatoms. The maximum absolute atomic E-state index is 13.1. The van der Waals surface area contributed by atoms with Crippen LogP contribution in [0.1, 0.15) is 22.8 Å². The third kappa shape index (κ3) is 5.41. The topological polar surface area (TPSA) is 138 Å². The van der Waals surface area contributed by atoms with E-state index in [1.165, 1.54) is 13.2 Å². The molecule has 0 bridgehead atoms. The highest BCUT2D eigenvalue weighted by molar-refractivity contribution is 7.86. The predicted molar refractivity (Wildman–Crippen MR) is 141 cm³/mol. The summed E-state index contributed by atoms with van der Waals surface area (Å²) in [5.41, 5.74) is 1.09. The zero-order chi connectivity index (χ0) is 26.7. The van der Waals surface area contributed by atoms with Crippen molar-refractivity contribution in [1.29, 1.82) is 0 Å². The largest absolute Gasteiger partial charge is 0.505 e. The second-order valence-corrected chi connectivity index (χ2v) is 9.70. The maximum atomic E-state index is 13.1. The molecule has 0 fully saturated rings. The number of anilines is 1. The predicted octanol–water partition coefficient (Wildman–Crippen LogP) is 6.68. The molecule has 0 atom stereocenters. The van der Waals surface area contributed by atoms with Gasteiger partial charge in [0, 0.05) is 17.1 Å². The van der Waals surface area contributed by atoms with Gasteiger partial charge in [-0.1, -0.05) is 48.9 Å². The Hall–Kier alpha value is -3.99. The van der Waals surface area contributed by atoms with Gasteiger partial charge < -0.3 is 15.2 Å². The molecule has 0 saturated carbocycles. The number of nitrogens with zero attached hydrogens (tertiary/aromatic N) is 2. The van der Waals surface area contributed by atoms with E-state index in [9.17, 15) is 22.9 Å². The molecule has 190 valence electrons. The fourth-order valence-corrected chi connectivity index (χ4v) is 4.99. The molecule has 9 nitrogen and oxygen atoms in total. The Morgan fingerprint density at radius 3 is 2.51 bits per heavy atom. The fraction of sp³-hybridized carbons (Fsp3) is 0.115. The van der Waals surface area contributed by atoms with Gasteiger partial charge in [-0.05, 0) is 47.7 Å². The van der Waals surface area contributed by atoms with Crippen LogP contribution in [0.25, 0.3) is 10.8 Å². The first-order chi connectivity index (χ1) is 17.6. The zero-order valence-corrected chi connectivity index (χ0v) is 21.3. The lowest BCUT2D eigenvalue weighted by molar-refractivity contribution is 0.102. The molecule has 0 radical (unpaired) electrons. The molecule has 0 saturated heterocycles. The molecule has 0 aliphatic rings. The Morgan fingerprint density at radius 2 is 1.81 bits per heavy atom. The smallest absolute Gasteiger partial charge is 0.296 e. The zero-order valence-electron chi connectivity index (χ0n) is 19.8. The summed E-state index contributed by atoms with van der Waals surface area (Å²) in [6, 6.07) is 17.9. The van der Waals surface area contributed by atoms with Gasteiger partial charge in [-0.15, -0.1) is 5.11 Å². The third-order valence-corrected chi connectivity index (χ3v) is 7.08. The molecule has 4 aromatic rings. The van der Waals surface area contributed by atoms with Crippen LogP contribution >= 0.6 is 11.6 Å². The van der Waals surface area contributed by atoms with E-state index >= 15 is 0 Å². The first-order valence-corrected chi connectivity index (χ1v) is 12.9. The summed E-state index contributed by atoms with van der Waals surface area (Å²) >= 11 is 6.22. The number of hydrogen-bond acceptors (Lipinski definition) is 7. The van der Waals surface area contributed by atoms with Crippen LogP contribution in [0.3, 0.4) is 0 Å². The number of phenolic OH excluding ortho intramolecular Hbond substituents is 1. The van der Waals surface area contributed by atoms with Crippen LogP contribution in [-0.4, -0.2) is 31.1 Å². The van der Waals surface area contributed by atoms with Crippen LogP contribution in [0.5, 0.6) is 11.5 Å². The maximum Gasteiger partial charge on any atom is 0.296 e. The van der Waals surface area contributed by atoms with Gasteiger partial charge in [-0.25, -0.2) is 0 Å². The highest BCUT2D eigenvalue weighted by atomic mass is 35.5. The standard InChI is InChI=1S/C26H22ClN3O6S/c1-3-18-21(11-12-22(23(18)27)37(33,34)35)29-30-24-19-10-5-4-7-15(19)13-20(25(24)31)26(32)28-16-8-6-9-17(14-16)36-2/h4-14,31H,3H2,1-2H3,(H,28,32)(H,33,34,35). The third-order valence-electron chi connectivity index (χ3n) is 5.64. The van der Waals surface area contributed by atoms with Crippen molar-refractivity contribution in [3.63, 3.8) is 0 Å². The molecule has 0 aliphatic carbocycles. The molecule has 0 aromatic heterocycles. The number of carbonyl (C=O) groups is 1. The Balaban J connectivity index is 1.80. The molecule has 37 heavy (non-hydrogen) atoms. The normalized spacial score (nSPS) is 11.7. The summed E-state index contributed by atoms with van der Waals surface area (Å²) < 4.78 is 37.8. The van der Waals surface area contributed by atoms with Crippen molar-refractivity contribution in [2.45, 2.75) is 18.2 Å². The van der Waals surface area contributed by atoms with Crippen LogP contribution in [-0.2, 0) is 16.5 Å². The minimum atomic E-state index is -4.53. The lowest BCUT2D eigenvalue weighted by Crippen LogP contribution is -2.12. The number of amides is 1. The summed E-state index contributed by atoms with van der Waals surface area (Å²) in [5.74, 6) is -0.398. The molecular weight excluding hydrogens is 518 g/mol. The van der Waals surface area contributed by atoms with Gasteiger partial charge in [0.2, 0.25) is 0 Å². The van der Waals surface area contributed by atoms with Crippen LogP contribution in [0, 0.1) is 0 Å². The molecule has 4 aromatic carbocycles. The van der Waals surface area contributed by atoms with Gasteiger partial charge in [0.1, 0.15) is 16.3 Å². The highest BCUT2D eigenvalue weighted by Crippen LogP contribution is 2.41. The van der Waals surface area contributed by atoms with E-state index in [4.69, 9.17) is 16.3 Å². The minimum absolute atomic E-state index is 0.0223. The fourth-order valence-electron chi connectivity index (χ4n) is 3.81. The average Bonchev–Trinajstić information content (AvgIpc) is 2.87.